The summed E-state index contributed by atoms with van der Waals surface area (Å²) in [4.78, 5) is 16.7. The summed E-state index contributed by atoms with van der Waals surface area (Å²) >= 11 is 0. The maximum absolute atomic E-state index is 12.2. The number of ether oxygens (including phenoxy) is 1. The maximum Gasteiger partial charge on any atom is 0.251 e. The van der Waals surface area contributed by atoms with Crippen LogP contribution < -0.4 is 0 Å². The fourth-order valence-corrected chi connectivity index (χ4v) is 2.64. The predicted molar refractivity (Wildman–Crippen MR) is 69.3 cm³/mol. The van der Waals surface area contributed by atoms with E-state index in [2.05, 4.69) is 4.90 Å². The lowest BCUT2D eigenvalue weighted by atomic mass is 10.2. The number of piperazine rings is 1. The first-order chi connectivity index (χ1) is 8.74. The summed E-state index contributed by atoms with van der Waals surface area (Å²) in [5.74, 6) is 0.915. The number of rotatable bonds is 5. The average molecular weight is 252 g/mol. The van der Waals surface area contributed by atoms with Gasteiger partial charge in [0.05, 0.1) is 6.61 Å². The molecule has 0 bridgehead atoms. The van der Waals surface area contributed by atoms with Crippen molar-refractivity contribution in [2.24, 2.45) is 5.92 Å². The Bertz CT molecular complexity index is 305. The largest absolute Gasteiger partial charge is 0.368 e. The van der Waals surface area contributed by atoms with E-state index in [1.54, 1.807) is 0 Å². The second-order valence-electron chi connectivity index (χ2n) is 6.01. The molecule has 1 saturated heterocycles. The first-order valence-corrected chi connectivity index (χ1v) is 7.38. The molecule has 3 aliphatic rings. The molecule has 1 amide bonds. The Morgan fingerprint density at radius 2 is 1.83 bits per heavy atom. The summed E-state index contributed by atoms with van der Waals surface area (Å²) in [6, 6.07) is 0.825. The smallest absolute Gasteiger partial charge is 0.251 e. The molecule has 4 heteroatoms. The molecule has 3 rings (SSSR count). The molecule has 1 aliphatic heterocycles. The second kappa shape index (κ2) is 5.17. The molecule has 0 aromatic heterocycles. The topological polar surface area (TPSA) is 32.8 Å². The number of carbonyl (C=O) groups is 1. The molecule has 2 saturated carbocycles. The molecule has 0 radical (unpaired) electrons. The molecule has 0 aromatic carbocycles. The SMILES string of the molecule is CC(OCC1CC1)C(=O)N1CCN(C2CC2)CC1. The molecule has 4 nitrogen and oxygen atoms in total. The van der Waals surface area contributed by atoms with Crippen molar-refractivity contribution in [3.63, 3.8) is 0 Å². The van der Waals surface area contributed by atoms with Gasteiger partial charge in [-0.1, -0.05) is 0 Å². The van der Waals surface area contributed by atoms with Gasteiger partial charge in [-0.2, -0.15) is 0 Å². The number of hydrogen-bond donors (Lipinski definition) is 0. The van der Waals surface area contributed by atoms with Gasteiger partial charge in [0.25, 0.3) is 5.91 Å². The third kappa shape index (κ3) is 3.04. The van der Waals surface area contributed by atoms with Crippen molar-refractivity contribution in [3.8, 4) is 0 Å². The fourth-order valence-electron chi connectivity index (χ4n) is 2.64. The van der Waals surface area contributed by atoms with Crippen LogP contribution in [0.2, 0.25) is 0 Å². The van der Waals surface area contributed by atoms with Gasteiger partial charge in [-0.15, -0.1) is 0 Å². The zero-order valence-corrected chi connectivity index (χ0v) is 11.3. The summed E-state index contributed by atoms with van der Waals surface area (Å²) in [6.07, 6.45) is 5.02. The minimum atomic E-state index is -0.252. The molecular formula is C14H24N2O2. The van der Waals surface area contributed by atoms with Gasteiger partial charge in [0.2, 0.25) is 0 Å². The standard InChI is InChI=1S/C14H24N2O2/c1-11(18-10-12-2-3-12)14(17)16-8-6-15(7-9-16)13-4-5-13/h11-13H,2-10H2,1H3. The van der Waals surface area contributed by atoms with E-state index in [9.17, 15) is 4.79 Å². The number of nitrogens with zero attached hydrogens (tertiary/aromatic N) is 2. The van der Waals surface area contributed by atoms with Crippen molar-refractivity contribution in [2.45, 2.75) is 44.8 Å². The van der Waals surface area contributed by atoms with Gasteiger partial charge >= 0.3 is 0 Å². The lowest BCUT2D eigenvalue weighted by Gasteiger charge is -2.36. The Balaban J connectivity index is 1.40. The number of amides is 1. The summed E-state index contributed by atoms with van der Waals surface area (Å²) in [7, 11) is 0. The van der Waals surface area contributed by atoms with Crippen LogP contribution in [0.5, 0.6) is 0 Å². The summed E-state index contributed by atoms with van der Waals surface area (Å²) in [6.45, 7) is 6.53. The molecule has 0 spiro atoms. The first-order valence-electron chi connectivity index (χ1n) is 7.38. The summed E-state index contributed by atoms with van der Waals surface area (Å²) in [5, 5.41) is 0. The van der Waals surface area contributed by atoms with Crippen LogP contribution in [-0.4, -0.2) is 60.6 Å². The van der Waals surface area contributed by atoms with E-state index in [0.29, 0.717) is 0 Å². The van der Waals surface area contributed by atoms with Crippen LogP contribution in [0.1, 0.15) is 32.6 Å². The van der Waals surface area contributed by atoms with Gasteiger partial charge in [-0.3, -0.25) is 9.69 Å². The Morgan fingerprint density at radius 3 is 2.39 bits per heavy atom. The van der Waals surface area contributed by atoms with Crippen LogP contribution >= 0.6 is 0 Å². The van der Waals surface area contributed by atoms with Crippen molar-refractivity contribution < 1.29 is 9.53 Å². The fraction of sp³-hybridized carbons (Fsp3) is 0.929. The number of carbonyl (C=O) groups excluding carboxylic acids is 1. The number of hydrogen-bond acceptors (Lipinski definition) is 3. The summed E-state index contributed by atoms with van der Waals surface area (Å²) < 4.78 is 5.66. The highest BCUT2D eigenvalue weighted by Crippen LogP contribution is 2.29. The molecule has 0 aromatic rings. The highest BCUT2D eigenvalue weighted by molar-refractivity contribution is 5.80. The van der Waals surface area contributed by atoms with Crippen LogP contribution in [0.25, 0.3) is 0 Å². The minimum Gasteiger partial charge on any atom is -0.368 e. The van der Waals surface area contributed by atoms with Crippen molar-refractivity contribution in [1.82, 2.24) is 9.80 Å². The third-order valence-corrected chi connectivity index (χ3v) is 4.32. The van der Waals surface area contributed by atoms with Crippen molar-refractivity contribution in [2.75, 3.05) is 32.8 Å². The predicted octanol–water partition coefficient (Wildman–Crippen LogP) is 1.11. The van der Waals surface area contributed by atoms with Gasteiger partial charge in [0, 0.05) is 32.2 Å². The lowest BCUT2D eigenvalue weighted by molar-refractivity contribution is -0.144. The normalized spacial score (nSPS) is 27.3. The van der Waals surface area contributed by atoms with Crippen LogP contribution in [0.3, 0.4) is 0 Å². The van der Waals surface area contributed by atoms with Crippen LogP contribution in [-0.2, 0) is 9.53 Å². The van der Waals surface area contributed by atoms with E-state index in [0.717, 1.165) is 44.7 Å². The highest BCUT2D eigenvalue weighted by atomic mass is 16.5. The van der Waals surface area contributed by atoms with E-state index in [-0.39, 0.29) is 12.0 Å². The molecule has 1 heterocycles. The molecule has 1 unspecified atom stereocenters. The van der Waals surface area contributed by atoms with Gasteiger partial charge in [0.1, 0.15) is 6.10 Å². The monoisotopic (exact) mass is 252 g/mol. The molecule has 3 fully saturated rings. The zero-order chi connectivity index (χ0) is 12.5. The third-order valence-electron chi connectivity index (χ3n) is 4.32. The van der Waals surface area contributed by atoms with Gasteiger partial charge in [-0.25, -0.2) is 0 Å². The Hall–Kier alpha value is -0.610. The van der Waals surface area contributed by atoms with Crippen molar-refractivity contribution in [3.05, 3.63) is 0 Å². The van der Waals surface area contributed by atoms with E-state index >= 15 is 0 Å². The molecule has 1 atom stereocenters. The second-order valence-corrected chi connectivity index (χ2v) is 6.01. The van der Waals surface area contributed by atoms with Gasteiger partial charge in [0.15, 0.2) is 0 Å². The highest BCUT2D eigenvalue weighted by Gasteiger charge is 2.33. The van der Waals surface area contributed by atoms with Gasteiger partial charge in [-0.05, 0) is 38.5 Å². The lowest BCUT2D eigenvalue weighted by Crippen LogP contribution is -2.51. The Morgan fingerprint density at radius 1 is 1.17 bits per heavy atom. The molecule has 2 aliphatic carbocycles. The Kier molecular flexibility index (Phi) is 3.57. The van der Waals surface area contributed by atoms with Crippen molar-refractivity contribution in [1.29, 1.82) is 0 Å². The van der Waals surface area contributed by atoms with Crippen molar-refractivity contribution >= 4 is 5.91 Å². The summed E-state index contributed by atoms with van der Waals surface area (Å²) in [5.41, 5.74) is 0. The first kappa shape index (κ1) is 12.4. The quantitative estimate of drug-likeness (QED) is 0.735. The average Bonchev–Trinajstić information content (AvgIpc) is 3.29. The molecule has 102 valence electrons. The van der Waals surface area contributed by atoms with Crippen LogP contribution in [0.15, 0.2) is 0 Å². The van der Waals surface area contributed by atoms with Crippen LogP contribution in [0, 0.1) is 5.92 Å². The van der Waals surface area contributed by atoms with Crippen LogP contribution in [0.4, 0.5) is 0 Å². The van der Waals surface area contributed by atoms with E-state index in [4.69, 9.17) is 4.74 Å². The molecule has 18 heavy (non-hydrogen) atoms. The maximum atomic E-state index is 12.2. The zero-order valence-electron chi connectivity index (χ0n) is 11.3. The van der Waals surface area contributed by atoms with Gasteiger partial charge < -0.3 is 9.64 Å². The Labute approximate surface area is 109 Å². The van der Waals surface area contributed by atoms with E-state index in [1.165, 1.54) is 25.7 Å². The van der Waals surface area contributed by atoms with E-state index in [1.807, 2.05) is 11.8 Å². The molecule has 0 N–H and O–H groups in total. The molecular weight excluding hydrogens is 228 g/mol. The van der Waals surface area contributed by atoms with E-state index < -0.39 is 0 Å². The minimum absolute atomic E-state index is 0.186.